The Kier molecular flexibility index (Phi) is 6.43. The first kappa shape index (κ1) is 13.5. The van der Waals surface area contributed by atoms with E-state index in [1.54, 1.807) is 11.3 Å². The van der Waals surface area contributed by atoms with Crippen molar-refractivity contribution in [2.24, 2.45) is 0 Å². The molecule has 0 saturated heterocycles. The fourth-order valence-corrected chi connectivity index (χ4v) is 2.90. The summed E-state index contributed by atoms with van der Waals surface area (Å²) >= 11 is 1.80. The van der Waals surface area contributed by atoms with Gasteiger partial charge in [-0.25, -0.2) is 0 Å². The number of nitrogens with one attached hydrogen (secondary N) is 1. The average molecular weight is 237 g/mol. The lowest BCUT2D eigenvalue weighted by atomic mass is 10.00. The Hall–Kier alpha value is -0.600. The van der Waals surface area contributed by atoms with Crippen molar-refractivity contribution in [2.75, 3.05) is 7.05 Å². The molecule has 0 fully saturated rings. The van der Waals surface area contributed by atoms with E-state index in [2.05, 4.69) is 36.6 Å². The van der Waals surface area contributed by atoms with Crippen LogP contribution in [-0.4, -0.2) is 7.05 Å². The Morgan fingerprint density at radius 1 is 1.38 bits per heavy atom. The average Bonchev–Trinajstić information content (AvgIpc) is 2.70. The normalized spacial score (nSPS) is 12.6. The minimum absolute atomic E-state index is 0.537. The lowest BCUT2D eigenvalue weighted by Gasteiger charge is -2.16. The quantitative estimate of drug-likeness (QED) is 0.520. The molecule has 0 spiro atoms. The van der Waals surface area contributed by atoms with Crippen molar-refractivity contribution in [2.45, 2.75) is 45.1 Å². The number of thiophene rings is 1. The summed E-state index contributed by atoms with van der Waals surface area (Å²) in [5.41, 5.74) is 2.91. The van der Waals surface area contributed by atoms with Crippen LogP contribution in [0.2, 0.25) is 0 Å². The summed E-state index contributed by atoms with van der Waals surface area (Å²) in [5, 5.41) is 7.93. The van der Waals surface area contributed by atoms with Crippen LogP contribution in [0.3, 0.4) is 0 Å². The van der Waals surface area contributed by atoms with Crippen LogP contribution in [0.15, 0.2) is 23.4 Å². The van der Waals surface area contributed by atoms with Crippen LogP contribution in [0, 0.1) is 6.92 Å². The molecule has 1 heterocycles. The molecule has 1 N–H and O–H groups in total. The standard InChI is InChI=1S/C14H23NS/c1-4-5-6-7-8-9-14(15-3)13-11-16-10-12(13)2/h4,10-11,14-15H,1,5-9H2,2-3H3. The van der Waals surface area contributed by atoms with Crippen LogP contribution in [0.5, 0.6) is 0 Å². The van der Waals surface area contributed by atoms with Crippen molar-refractivity contribution in [3.8, 4) is 0 Å². The molecule has 0 saturated carbocycles. The topological polar surface area (TPSA) is 12.0 Å². The van der Waals surface area contributed by atoms with Crippen molar-refractivity contribution < 1.29 is 0 Å². The van der Waals surface area contributed by atoms with Crippen LogP contribution >= 0.6 is 11.3 Å². The molecule has 16 heavy (non-hydrogen) atoms. The van der Waals surface area contributed by atoms with Crippen LogP contribution < -0.4 is 5.32 Å². The van der Waals surface area contributed by atoms with Gasteiger partial charge in [0, 0.05) is 6.04 Å². The minimum atomic E-state index is 0.537. The molecule has 0 radical (unpaired) electrons. The molecule has 0 aromatic carbocycles. The van der Waals surface area contributed by atoms with Gasteiger partial charge in [0.1, 0.15) is 0 Å². The van der Waals surface area contributed by atoms with E-state index in [9.17, 15) is 0 Å². The highest BCUT2D eigenvalue weighted by Crippen LogP contribution is 2.25. The van der Waals surface area contributed by atoms with Gasteiger partial charge in [-0.1, -0.05) is 18.9 Å². The van der Waals surface area contributed by atoms with Gasteiger partial charge >= 0.3 is 0 Å². The van der Waals surface area contributed by atoms with E-state index in [1.165, 1.54) is 36.8 Å². The summed E-state index contributed by atoms with van der Waals surface area (Å²) in [7, 11) is 2.06. The molecule has 1 unspecified atom stereocenters. The van der Waals surface area contributed by atoms with Crippen molar-refractivity contribution in [3.63, 3.8) is 0 Å². The SMILES string of the molecule is C=CCCCCCC(NC)c1cscc1C. The number of unbranched alkanes of at least 4 members (excludes halogenated alkanes) is 3. The summed E-state index contributed by atoms with van der Waals surface area (Å²) in [6.45, 7) is 5.95. The van der Waals surface area contributed by atoms with E-state index >= 15 is 0 Å². The van der Waals surface area contributed by atoms with E-state index < -0.39 is 0 Å². The molecular formula is C14H23NS. The summed E-state index contributed by atoms with van der Waals surface area (Å²) in [4.78, 5) is 0. The Morgan fingerprint density at radius 2 is 2.19 bits per heavy atom. The molecule has 1 aromatic rings. The molecule has 1 atom stereocenters. The molecule has 0 aliphatic carbocycles. The van der Waals surface area contributed by atoms with Gasteiger partial charge < -0.3 is 5.32 Å². The third-order valence-corrected chi connectivity index (χ3v) is 3.90. The monoisotopic (exact) mass is 237 g/mol. The lowest BCUT2D eigenvalue weighted by Crippen LogP contribution is -2.16. The molecule has 1 rings (SSSR count). The van der Waals surface area contributed by atoms with E-state index in [1.807, 2.05) is 6.08 Å². The number of rotatable bonds is 8. The van der Waals surface area contributed by atoms with E-state index in [0.717, 1.165) is 6.42 Å². The molecule has 2 heteroatoms. The maximum absolute atomic E-state index is 3.75. The fraction of sp³-hybridized carbons (Fsp3) is 0.571. The van der Waals surface area contributed by atoms with Crippen LogP contribution in [-0.2, 0) is 0 Å². The summed E-state index contributed by atoms with van der Waals surface area (Å²) in [6.07, 6.45) is 8.30. The molecule has 1 nitrogen and oxygen atoms in total. The van der Waals surface area contributed by atoms with E-state index in [0.29, 0.717) is 6.04 Å². The molecule has 0 aliphatic rings. The fourth-order valence-electron chi connectivity index (χ4n) is 2.00. The molecule has 0 aliphatic heterocycles. The lowest BCUT2D eigenvalue weighted by molar-refractivity contribution is 0.507. The predicted octanol–water partition coefficient (Wildman–Crippen LogP) is 4.45. The summed E-state index contributed by atoms with van der Waals surface area (Å²) in [5.74, 6) is 0. The van der Waals surface area contributed by atoms with Crippen LogP contribution in [0.1, 0.15) is 49.3 Å². The third-order valence-electron chi connectivity index (χ3n) is 3.02. The minimum Gasteiger partial charge on any atom is -0.313 e. The maximum atomic E-state index is 3.75. The Labute approximate surface area is 104 Å². The molecule has 1 aromatic heterocycles. The highest BCUT2D eigenvalue weighted by molar-refractivity contribution is 7.08. The summed E-state index contributed by atoms with van der Waals surface area (Å²) in [6, 6.07) is 0.537. The van der Waals surface area contributed by atoms with Gasteiger partial charge in [0.15, 0.2) is 0 Å². The predicted molar refractivity (Wildman–Crippen MR) is 74.1 cm³/mol. The number of hydrogen-bond acceptors (Lipinski definition) is 2. The second kappa shape index (κ2) is 7.64. The van der Waals surface area contributed by atoms with Gasteiger partial charge in [0.05, 0.1) is 0 Å². The first-order chi connectivity index (χ1) is 7.79. The Balaban J connectivity index is 2.33. The number of hydrogen-bond donors (Lipinski definition) is 1. The van der Waals surface area contributed by atoms with Crippen molar-refractivity contribution in [1.29, 1.82) is 0 Å². The second-order valence-electron chi connectivity index (χ2n) is 4.28. The van der Waals surface area contributed by atoms with Gasteiger partial charge in [-0.2, -0.15) is 11.3 Å². The van der Waals surface area contributed by atoms with Gasteiger partial charge in [0.25, 0.3) is 0 Å². The highest BCUT2D eigenvalue weighted by atomic mass is 32.1. The Bertz CT molecular complexity index is 303. The zero-order valence-corrected chi connectivity index (χ0v) is 11.3. The molecule has 0 bridgehead atoms. The van der Waals surface area contributed by atoms with Crippen molar-refractivity contribution in [1.82, 2.24) is 5.32 Å². The van der Waals surface area contributed by atoms with E-state index in [4.69, 9.17) is 0 Å². The van der Waals surface area contributed by atoms with Crippen LogP contribution in [0.4, 0.5) is 0 Å². The number of allylic oxidation sites excluding steroid dienone is 1. The van der Waals surface area contributed by atoms with Gasteiger partial charge in [-0.15, -0.1) is 6.58 Å². The highest BCUT2D eigenvalue weighted by Gasteiger charge is 2.11. The number of aryl methyl sites for hydroxylation is 1. The van der Waals surface area contributed by atoms with Gasteiger partial charge in [0.2, 0.25) is 0 Å². The summed E-state index contributed by atoms with van der Waals surface area (Å²) < 4.78 is 0. The molecule has 0 amide bonds. The molecular weight excluding hydrogens is 214 g/mol. The van der Waals surface area contributed by atoms with E-state index in [-0.39, 0.29) is 0 Å². The zero-order chi connectivity index (χ0) is 11.8. The van der Waals surface area contributed by atoms with Gasteiger partial charge in [-0.05, 0) is 55.1 Å². The van der Waals surface area contributed by atoms with Gasteiger partial charge in [-0.3, -0.25) is 0 Å². The van der Waals surface area contributed by atoms with Crippen molar-refractivity contribution >= 4 is 11.3 Å². The largest absolute Gasteiger partial charge is 0.313 e. The molecule has 90 valence electrons. The first-order valence-corrected chi connectivity index (χ1v) is 7.04. The van der Waals surface area contributed by atoms with Crippen molar-refractivity contribution in [3.05, 3.63) is 34.5 Å². The zero-order valence-electron chi connectivity index (χ0n) is 10.5. The first-order valence-electron chi connectivity index (χ1n) is 6.10. The Morgan fingerprint density at radius 3 is 2.75 bits per heavy atom. The third kappa shape index (κ3) is 4.11. The maximum Gasteiger partial charge on any atom is 0.0328 e. The second-order valence-corrected chi connectivity index (χ2v) is 5.02. The van der Waals surface area contributed by atoms with Crippen LogP contribution in [0.25, 0.3) is 0 Å². The smallest absolute Gasteiger partial charge is 0.0328 e.